The molecule has 5 heteroatoms. The summed E-state index contributed by atoms with van der Waals surface area (Å²) in [6.07, 6.45) is 3.90. The molecule has 3 nitrogen and oxygen atoms in total. The van der Waals surface area contributed by atoms with Crippen LogP contribution in [0.15, 0.2) is 48.8 Å². The summed E-state index contributed by atoms with van der Waals surface area (Å²) in [4.78, 5) is 4.28. The van der Waals surface area contributed by atoms with E-state index in [4.69, 9.17) is 16.0 Å². The number of hydrogen-bond donors (Lipinski definition) is 0. The van der Waals surface area contributed by atoms with Crippen molar-refractivity contribution in [1.29, 1.82) is 0 Å². The molecule has 0 aliphatic rings. The molecule has 0 atom stereocenters. The van der Waals surface area contributed by atoms with Gasteiger partial charge in [-0.15, -0.1) is 0 Å². The summed E-state index contributed by atoms with van der Waals surface area (Å²) >= 11 is 6.01. The topological polar surface area (TPSA) is 26.5 Å². The van der Waals surface area contributed by atoms with Crippen molar-refractivity contribution in [3.8, 4) is 11.1 Å². The van der Waals surface area contributed by atoms with Gasteiger partial charge in [-0.1, -0.05) is 56.6 Å². The molecule has 0 radical (unpaired) electrons. The Kier molecular flexibility index (Phi) is 4.79. The highest BCUT2D eigenvalue weighted by molar-refractivity contribution is 6.74. The summed E-state index contributed by atoms with van der Waals surface area (Å²) in [6, 6.07) is 12.5. The van der Waals surface area contributed by atoms with Gasteiger partial charge in [-0.2, -0.15) is 0 Å². The zero-order valence-electron chi connectivity index (χ0n) is 15.5. The molecule has 0 saturated carbocycles. The standard InChI is InChI=1S/C20H25ClN2OSi/c1-20(2,3)25(4,5)24-14-16-8-6-7-9-17(16)15-10-11-19-22-18(21)13-23(19)12-15/h6-13H,14H2,1-5H3. The van der Waals surface area contributed by atoms with E-state index in [1.165, 1.54) is 11.1 Å². The molecule has 0 N–H and O–H groups in total. The van der Waals surface area contributed by atoms with Crippen molar-refractivity contribution < 1.29 is 4.43 Å². The molecule has 0 fully saturated rings. The van der Waals surface area contributed by atoms with Crippen LogP contribution in [0.2, 0.25) is 23.3 Å². The third kappa shape index (κ3) is 3.81. The Morgan fingerprint density at radius 1 is 1.08 bits per heavy atom. The van der Waals surface area contributed by atoms with E-state index in [9.17, 15) is 0 Å². The van der Waals surface area contributed by atoms with Crippen molar-refractivity contribution in [2.75, 3.05) is 0 Å². The Morgan fingerprint density at radius 2 is 1.80 bits per heavy atom. The fraction of sp³-hybridized carbons (Fsp3) is 0.350. The highest BCUT2D eigenvalue weighted by Gasteiger charge is 2.37. The van der Waals surface area contributed by atoms with Gasteiger partial charge in [0.05, 0.1) is 6.61 Å². The van der Waals surface area contributed by atoms with Gasteiger partial charge in [0.25, 0.3) is 0 Å². The van der Waals surface area contributed by atoms with Crippen molar-refractivity contribution >= 4 is 25.6 Å². The molecule has 0 spiro atoms. The first-order valence-electron chi connectivity index (χ1n) is 8.54. The highest BCUT2D eigenvalue weighted by Crippen LogP contribution is 2.37. The van der Waals surface area contributed by atoms with E-state index in [1.807, 2.05) is 16.7 Å². The number of hydrogen-bond acceptors (Lipinski definition) is 2. The maximum atomic E-state index is 6.43. The minimum absolute atomic E-state index is 0.203. The quantitative estimate of drug-likeness (QED) is 0.511. The van der Waals surface area contributed by atoms with E-state index in [1.54, 1.807) is 0 Å². The van der Waals surface area contributed by atoms with Gasteiger partial charge >= 0.3 is 0 Å². The van der Waals surface area contributed by atoms with Crippen LogP contribution in [0.25, 0.3) is 16.8 Å². The van der Waals surface area contributed by atoms with Crippen LogP contribution in [0.4, 0.5) is 0 Å². The van der Waals surface area contributed by atoms with Crippen LogP contribution in [0.5, 0.6) is 0 Å². The maximum absolute atomic E-state index is 6.43. The lowest BCUT2D eigenvalue weighted by atomic mass is 10.0. The van der Waals surface area contributed by atoms with Crippen LogP contribution >= 0.6 is 11.6 Å². The van der Waals surface area contributed by atoms with Crippen molar-refractivity contribution in [3.05, 3.63) is 59.5 Å². The van der Waals surface area contributed by atoms with Crippen LogP contribution in [0, 0.1) is 0 Å². The molecule has 3 aromatic rings. The number of fused-ring (bicyclic) bond motifs is 1. The van der Waals surface area contributed by atoms with E-state index in [0.29, 0.717) is 11.8 Å². The van der Waals surface area contributed by atoms with Gasteiger partial charge < -0.3 is 8.83 Å². The lowest BCUT2D eigenvalue weighted by molar-refractivity contribution is 0.277. The van der Waals surface area contributed by atoms with E-state index in [-0.39, 0.29) is 5.04 Å². The van der Waals surface area contributed by atoms with E-state index in [2.05, 4.69) is 75.4 Å². The second-order valence-corrected chi connectivity index (χ2v) is 13.1. The monoisotopic (exact) mass is 372 g/mol. The summed E-state index contributed by atoms with van der Waals surface area (Å²) in [5, 5.41) is 0.709. The number of imidazole rings is 1. The lowest BCUT2D eigenvalue weighted by Gasteiger charge is -2.36. The number of halogens is 1. The van der Waals surface area contributed by atoms with E-state index in [0.717, 1.165) is 11.2 Å². The van der Waals surface area contributed by atoms with Crippen molar-refractivity contribution in [2.45, 2.75) is 45.5 Å². The van der Waals surface area contributed by atoms with Crippen LogP contribution in [-0.4, -0.2) is 17.7 Å². The average Bonchev–Trinajstić information content (AvgIpc) is 2.91. The molecule has 1 aromatic carbocycles. The van der Waals surface area contributed by atoms with Crippen molar-refractivity contribution in [1.82, 2.24) is 9.38 Å². The van der Waals surface area contributed by atoms with Gasteiger partial charge in [-0.25, -0.2) is 4.98 Å². The molecule has 0 unspecified atom stereocenters. The summed E-state index contributed by atoms with van der Waals surface area (Å²) in [7, 11) is -1.78. The Balaban J connectivity index is 1.92. The second-order valence-electron chi connectivity index (χ2n) is 7.95. The molecule has 0 saturated heterocycles. The zero-order chi connectivity index (χ0) is 18.2. The molecule has 0 bridgehead atoms. The number of aromatic nitrogens is 2. The van der Waals surface area contributed by atoms with Gasteiger partial charge in [0.1, 0.15) is 10.8 Å². The third-order valence-corrected chi connectivity index (χ3v) is 9.81. The van der Waals surface area contributed by atoms with Crippen LogP contribution in [0.1, 0.15) is 26.3 Å². The lowest BCUT2D eigenvalue weighted by Crippen LogP contribution is -2.40. The first kappa shape index (κ1) is 18.2. The Morgan fingerprint density at radius 3 is 2.52 bits per heavy atom. The highest BCUT2D eigenvalue weighted by atomic mass is 35.5. The first-order chi connectivity index (χ1) is 11.7. The average molecular weight is 373 g/mol. The van der Waals surface area contributed by atoms with Gasteiger partial charge in [-0.05, 0) is 47.0 Å². The Hall–Kier alpha value is -1.62. The molecule has 3 rings (SSSR count). The van der Waals surface area contributed by atoms with Gasteiger partial charge in [0.15, 0.2) is 8.32 Å². The number of benzene rings is 1. The summed E-state index contributed by atoms with van der Waals surface area (Å²) < 4.78 is 8.39. The predicted octanol–water partition coefficient (Wildman–Crippen LogP) is 6.18. The smallest absolute Gasteiger partial charge is 0.192 e. The van der Waals surface area contributed by atoms with Gasteiger partial charge in [0, 0.05) is 12.4 Å². The molecule has 132 valence electrons. The molecular formula is C20H25ClN2OSi. The maximum Gasteiger partial charge on any atom is 0.192 e. The van der Waals surface area contributed by atoms with Crippen LogP contribution in [-0.2, 0) is 11.0 Å². The van der Waals surface area contributed by atoms with Crippen LogP contribution < -0.4 is 0 Å². The summed E-state index contributed by atoms with van der Waals surface area (Å²) in [5.74, 6) is 0. The molecule has 0 aliphatic heterocycles. The third-order valence-electron chi connectivity index (χ3n) is 5.14. The van der Waals surface area contributed by atoms with E-state index < -0.39 is 8.32 Å². The minimum Gasteiger partial charge on any atom is -0.413 e. The molecule has 25 heavy (non-hydrogen) atoms. The second kappa shape index (κ2) is 6.59. The predicted molar refractivity (Wildman–Crippen MR) is 108 cm³/mol. The fourth-order valence-corrected chi connectivity index (χ4v) is 3.66. The molecule has 0 amide bonds. The zero-order valence-corrected chi connectivity index (χ0v) is 17.3. The molecular weight excluding hydrogens is 348 g/mol. The van der Waals surface area contributed by atoms with E-state index >= 15 is 0 Å². The number of nitrogens with zero attached hydrogens (tertiary/aromatic N) is 2. The summed E-state index contributed by atoms with van der Waals surface area (Å²) in [5.41, 5.74) is 4.38. The number of pyridine rings is 1. The fourth-order valence-electron chi connectivity index (χ4n) is 2.52. The van der Waals surface area contributed by atoms with Crippen molar-refractivity contribution in [3.63, 3.8) is 0 Å². The molecule has 2 aromatic heterocycles. The largest absolute Gasteiger partial charge is 0.413 e. The van der Waals surface area contributed by atoms with Crippen LogP contribution in [0.3, 0.4) is 0 Å². The Bertz CT molecular complexity index is 896. The Labute approximate surface area is 155 Å². The number of rotatable bonds is 4. The SMILES string of the molecule is CC(C)(C)[Si](C)(C)OCc1ccccc1-c1ccc2nc(Cl)cn2c1. The normalized spacial score (nSPS) is 12.7. The first-order valence-corrected chi connectivity index (χ1v) is 11.8. The van der Waals surface area contributed by atoms with Gasteiger partial charge in [-0.3, -0.25) is 0 Å². The minimum atomic E-state index is -1.78. The molecule has 0 aliphatic carbocycles. The molecule has 2 heterocycles. The summed E-state index contributed by atoms with van der Waals surface area (Å²) in [6.45, 7) is 12.0. The van der Waals surface area contributed by atoms with Gasteiger partial charge in [0.2, 0.25) is 0 Å². The van der Waals surface area contributed by atoms with Crippen molar-refractivity contribution in [2.24, 2.45) is 0 Å².